The summed E-state index contributed by atoms with van der Waals surface area (Å²) in [6.07, 6.45) is 4.59. The predicted molar refractivity (Wildman–Crippen MR) is 118 cm³/mol. The molecule has 1 amide bonds. The first-order valence-corrected chi connectivity index (χ1v) is 11.0. The van der Waals surface area contributed by atoms with Gasteiger partial charge in [0.15, 0.2) is 5.13 Å². The Bertz CT molecular complexity index is 969. The van der Waals surface area contributed by atoms with E-state index in [0.717, 1.165) is 37.2 Å². The zero-order valence-corrected chi connectivity index (χ0v) is 17.7. The van der Waals surface area contributed by atoms with E-state index in [1.807, 2.05) is 23.6 Å². The molecule has 0 spiro atoms. The second-order valence-electron chi connectivity index (χ2n) is 7.67. The molecular weight excluding hydrogens is 380 g/mol. The molecule has 5 heteroatoms. The van der Waals surface area contributed by atoms with Crippen LogP contribution in [0.3, 0.4) is 0 Å². The third-order valence-corrected chi connectivity index (χ3v) is 6.59. The van der Waals surface area contributed by atoms with Crippen LogP contribution in [0.25, 0.3) is 0 Å². The van der Waals surface area contributed by atoms with Gasteiger partial charge in [0, 0.05) is 17.0 Å². The molecule has 0 fully saturated rings. The van der Waals surface area contributed by atoms with Gasteiger partial charge in [-0.15, -0.1) is 11.3 Å². The summed E-state index contributed by atoms with van der Waals surface area (Å²) in [5, 5.41) is 5.53. The minimum Gasteiger partial charge on any atom is -0.494 e. The Morgan fingerprint density at radius 1 is 1.24 bits per heavy atom. The third-order valence-electron chi connectivity index (χ3n) is 5.90. The van der Waals surface area contributed by atoms with E-state index < -0.39 is 5.41 Å². The first kappa shape index (κ1) is 19.6. The third kappa shape index (κ3) is 3.79. The molecular formula is C24H26N2O2S. The van der Waals surface area contributed by atoms with Crippen LogP contribution in [0.5, 0.6) is 5.75 Å². The Labute approximate surface area is 176 Å². The maximum absolute atomic E-state index is 13.2. The summed E-state index contributed by atoms with van der Waals surface area (Å²) < 4.78 is 5.82. The van der Waals surface area contributed by atoms with E-state index in [-0.39, 0.29) is 11.8 Å². The molecule has 1 aliphatic rings. The van der Waals surface area contributed by atoms with E-state index in [9.17, 15) is 4.79 Å². The maximum atomic E-state index is 13.2. The summed E-state index contributed by atoms with van der Waals surface area (Å²) in [4.78, 5) is 17.5. The van der Waals surface area contributed by atoms with Gasteiger partial charge in [-0.3, -0.25) is 4.79 Å². The molecule has 4 nitrogen and oxygen atoms in total. The van der Waals surface area contributed by atoms with Crippen molar-refractivity contribution >= 4 is 22.4 Å². The van der Waals surface area contributed by atoms with Crippen LogP contribution in [-0.4, -0.2) is 17.5 Å². The van der Waals surface area contributed by atoms with Gasteiger partial charge >= 0.3 is 0 Å². The molecule has 1 aromatic heterocycles. The van der Waals surface area contributed by atoms with Crippen molar-refractivity contribution in [3.63, 3.8) is 0 Å². The maximum Gasteiger partial charge on any atom is 0.230 e. The molecule has 3 aromatic rings. The summed E-state index contributed by atoms with van der Waals surface area (Å²) in [6.45, 7) is 5.06. The summed E-state index contributed by atoms with van der Waals surface area (Å²) in [5.74, 6) is 0.693. The first-order chi connectivity index (χ1) is 14.1. The van der Waals surface area contributed by atoms with Gasteiger partial charge in [0.05, 0.1) is 12.5 Å². The molecule has 1 aliphatic carbocycles. The summed E-state index contributed by atoms with van der Waals surface area (Å²) >= 11 is 1.44. The molecule has 1 N–H and O–H groups in total. The molecule has 1 heterocycles. The van der Waals surface area contributed by atoms with Gasteiger partial charge in [-0.2, -0.15) is 0 Å². The number of ether oxygens (including phenoxy) is 1. The summed E-state index contributed by atoms with van der Waals surface area (Å²) in [6, 6.07) is 16.6. The number of amides is 1. The van der Waals surface area contributed by atoms with Crippen molar-refractivity contribution in [2.45, 2.75) is 38.5 Å². The fourth-order valence-corrected chi connectivity index (χ4v) is 4.77. The standard InChI is InChI=1S/C24H26N2O2S/c1-3-4-14-28-19-11-9-18(10-12-19)24(2)20-8-6-5-7-17(20)16-21(24)22(27)26-23-25-13-15-29-23/h5-13,15,21H,3-4,14,16H2,1-2H3,(H,25,26,27)/t21-,24-/m0/s1. The minimum atomic E-state index is -0.403. The lowest BCUT2D eigenvalue weighted by molar-refractivity contribution is -0.121. The Balaban J connectivity index is 1.65. The number of carbonyl (C=O) groups is 1. The van der Waals surface area contributed by atoms with Crippen molar-refractivity contribution in [2.24, 2.45) is 5.92 Å². The van der Waals surface area contributed by atoms with Gasteiger partial charge in [-0.25, -0.2) is 4.98 Å². The van der Waals surface area contributed by atoms with Crippen LogP contribution < -0.4 is 10.1 Å². The van der Waals surface area contributed by atoms with Crippen LogP contribution in [-0.2, 0) is 16.6 Å². The molecule has 0 saturated carbocycles. The second kappa shape index (κ2) is 8.37. The molecule has 2 aromatic carbocycles. The van der Waals surface area contributed by atoms with Crippen molar-refractivity contribution in [1.82, 2.24) is 4.98 Å². The number of nitrogens with one attached hydrogen (secondary N) is 1. The Hall–Kier alpha value is -2.66. The quantitative estimate of drug-likeness (QED) is 0.532. The molecule has 0 aliphatic heterocycles. The molecule has 2 atom stereocenters. The summed E-state index contributed by atoms with van der Waals surface area (Å²) in [7, 11) is 0. The van der Waals surface area contributed by atoms with Gasteiger partial charge in [0.2, 0.25) is 5.91 Å². The Morgan fingerprint density at radius 3 is 2.76 bits per heavy atom. The lowest BCUT2D eigenvalue weighted by atomic mass is 9.71. The molecule has 0 saturated heterocycles. The average molecular weight is 407 g/mol. The van der Waals surface area contributed by atoms with E-state index in [4.69, 9.17) is 4.74 Å². The molecule has 29 heavy (non-hydrogen) atoms. The Morgan fingerprint density at radius 2 is 2.03 bits per heavy atom. The van der Waals surface area contributed by atoms with E-state index >= 15 is 0 Å². The number of thiazole rings is 1. The van der Waals surface area contributed by atoms with Crippen LogP contribution in [0, 0.1) is 5.92 Å². The van der Waals surface area contributed by atoms with Crippen LogP contribution >= 0.6 is 11.3 Å². The van der Waals surface area contributed by atoms with Gasteiger partial charge in [0.1, 0.15) is 5.75 Å². The number of anilines is 1. The zero-order chi connectivity index (χ0) is 20.3. The smallest absolute Gasteiger partial charge is 0.230 e. The van der Waals surface area contributed by atoms with Crippen molar-refractivity contribution in [2.75, 3.05) is 11.9 Å². The van der Waals surface area contributed by atoms with Crippen LogP contribution in [0.4, 0.5) is 5.13 Å². The molecule has 0 unspecified atom stereocenters. The monoisotopic (exact) mass is 406 g/mol. The molecule has 150 valence electrons. The van der Waals surface area contributed by atoms with Crippen LogP contribution in [0.1, 0.15) is 43.4 Å². The van der Waals surface area contributed by atoms with E-state index in [0.29, 0.717) is 5.13 Å². The van der Waals surface area contributed by atoms with Crippen molar-refractivity contribution in [1.29, 1.82) is 0 Å². The number of hydrogen-bond acceptors (Lipinski definition) is 4. The number of unbranched alkanes of at least 4 members (excludes halogenated alkanes) is 1. The minimum absolute atomic E-state index is 0.0157. The number of nitrogens with zero attached hydrogens (tertiary/aromatic N) is 1. The van der Waals surface area contributed by atoms with E-state index in [1.54, 1.807) is 6.20 Å². The van der Waals surface area contributed by atoms with Crippen molar-refractivity contribution in [3.8, 4) is 5.75 Å². The Kier molecular flexibility index (Phi) is 5.67. The van der Waals surface area contributed by atoms with Gasteiger partial charge in [-0.05, 0) is 41.7 Å². The number of aromatic nitrogens is 1. The topological polar surface area (TPSA) is 51.2 Å². The van der Waals surface area contributed by atoms with Crippen molar-refractivity contribution in [3.05, 3.63) is 76.8 Å². The van der Waals surface area contributed by atoms with E-state index in [1.165, 1.54) is 22.5 Å². The SMILES string of the molecule is CCCCOc1ccc([C@@]2(C)c3ccccc3C[C@H]2C(=O)Nc2nccs2)cc1. The largest absolute Gasteiger partial charge is 0.494 e. The number of fused-ring (bicyclic) bond motifs is 1. The predicted octanol–water partition coefficient (Wildman–Crippen LogP) is 5.44. The highest BCUT2D eigenvalue weighted by molar-refractivity contribution is 7.13. The average Bonchev–Trinajstić information content (AvgIpc) is 3.35. The number of carbonyl (C=O) groups excluding carboxylic acids is 1. The normalized spacial score (nSPS) is 20.3. The van der Waals surface area contributed by atoms with Crippen molar-refractivity contribution < 1.29 is 9.53 Å². The number of benzene rings is 2. The fraction of sp³-hybridized carbons (Fsp3) is 0.333. The molecule has 0 bridgehead atoms. The zero-order valence-electron chi connectivity index (χ0n) is 16.9. The van der Waals surface area contributed by atoms with Gasteiger partial charge in [-0.1, -0.05) is 56.7 Å². The van der Waals surface area contributed by atoms with Crippen LogP contribution in [0.15, 0.2) is 60.1 Å². The highest BCUT2D eigenvalue weighted by Crippen LogP contribution is 2.48. The highest BCUT2D eigenvalue weighted by Gasteiger charge is 2.48. The fourth-order valence-electron chi connectivity index (χ4n) is 4.24. The van der Waals surface area contributed by atoms with E-state index in [2.05, 4.69) is 54.5 Å². The number of rotatable bonds is 7. The molecule has 0 radical (unpaired) electrons. The lowest BCUT2D eigenvalue weighted by Gasteiger charge is -2.32. The van der Waals surface area contributed by atoms with Crippen LogP contribution in [0.2, 0.25) is 0 Å². The molecule has 4 rings (SSSR count). The lowest BCUT2D eigenvalue weighted by Crippen LogP contribution is -2.38. The summed E-state index contributed by atoms with van der Waals surface area (Å²) in [5.41, 5.74) is 3.18. The number of hydrogen-bond donors (Lipinski definition) is 1. The first-order valence-electron chi connectivity index (χ1n) is 10.1. The highest BCUT2D eigenvalue weighted by atomic mass is 32.1. The second-order valence-corrected chi connectivity index (χ2v) is 8.56. The van der Waals surface area contributed by atoms with Gasteiger partial charge in [0.25, 0.3) is 0 Å². The van der Waals surface area contributed by atoms with Gasteiger partial charge < -0.3 is 10.1 Å².